The first-order chi connectivity index (χ1) is 2.50. The van der Waals surface area contributed by atoms with Gasteiger partial charge in [-0.25, -0.2) is 0 Å². The molecular formula is C4H12N+. The quantitative estimate of drug-likeness (QED) is 0.402. The van der Waals surface area contributed by atoms with Gasteiger partial charge in [0.1, 0.15) is 0 Å². The highest BCUT2D eigenvalue weighted by Crippen LogP contribution is 1.82. The number of nitrogens with two attached hydrogens (primary N) is 1. The van der Waals surface area contributed by atoms with Crippen molar-refractivity contribution >= 4 is 0 Å². The average molecular weight is 74.1 g/mol. The molecule has 5 heavy (non-hydrogen) atoms. The third kappa shape index (κ3) is 0.618. The lowest BCUT2D eigenvalue weighted by molar-refractivity contribution is -0.635. The van der Waals surface area contributed by atoms with Crippen molar-refractivity contribution in [1.82, 2.24) is 0 Å². The van der Waals surface area contributed by atoms with Gasteiger partial charge in [-0.15, -0.1) is 0 Å². The molecule has 0 spiro atoms. The predicted molar refractivity (Wildman–Crippen MR) is 23.0 cm³/mol. The summed E-state index contributed by atoms with van der Waals surface area (Å²) >= 11 is 0. The second-order valence-electron chi connectivity index (χ2n) is 1.57. The summed E-state index contributed by atoms with van der Waals surface area (Å²) < 4.78 is 0. The van der Waals surface area contributed by atoms with Crippen LogP contribution in [0.15, 0.2) is 0 Å². The summed E-state index contributed by atoms with van der Waals surface area (Å²) in [5, 5.41) is 2.36. The molecular weight excluding hydrogens is 62.1 g/mol. The molecule has 1 nitrogen and oxygen atoms in total. The Labute approximate surface area is 33.9 Å². The zero-order valence-electron chi connectivity index (χ0n) is 3.41. The van der Waals surface area contributed by atoms with Crippen molar-refractivity contribution in [3.05, 3.63) is 0 Å². The second kappa shape index (κ2) is 1.41. The molecule has 1 aliphatic heterocycles. The van der Waals surface area contributed by atoms with Gasteiger partial charge in [0, 0.05) is 14.3 Å². The summed E-state index contributed by atoms with van der Waals surface area (Å²) in [6.45, 7) is 2.75. The molecule has 2 N–H and O–H groups in total. The van der Waals surface area contributed by atoms with E-state index in [1.165, 1.54) is 25.9 Å². The standard InChI is InChI=1S/C4H9N.H2/c1-2-4-5-3-1;/h5H,1-4H2;1H/p+1. The first-order valence-corrected chi connectivity index (χ1v) is 2.32. The molecule has 0 unspecified atom stereocenters. The maximum absolute atomic E-state index is 2.36. The zero-order valence-corrected chi connectivity index (χ0v) is 3.41. The van der Waals surface area contributed by atoms with Crippen LogP contribution in [-0.4, -0.2) is 13.1 Å². The van der Waals surface area contributed by atoms with Gasteiger partial charge in [-0.3, -0.25) is 0 Å². The van der Waals surface area contributed by atoms with E-state index < -0.39 is 0 Å². The van der Waals surface area contributed by atoms with Crippen LogP contribution in [0.5, 0.6) is 0 Å². The summed E-state index contributed by atoms with van der Waals surface area (Å²) in [7, 11) is 0. The smallest absolute Gasteiger partial charge is 0.0757 e. The molecule has 0 aliphatic carbocycles. The van der Waals surface area contributed by atoms with E-state index in [2.05, 4.69) is 5.32 Å². The summed E-state index contributed by atoms with van der Waals surface area (Å²) in [5.74, 6) is 0. The van der Waals surface area contributed by atoms with Gasteiger partial charge in [-0.2, -0.15) is 0 Å². The fourth-order valence-corrected chi connectivity index (χ4v) is 0.722. The molecule has 1 rings (SSSR count). The Morgan fingerprint density at radius 1 is 1.20 bits per heavy atom. The highest BCUT2D eigenvalue weighted by molar-refractivity contribution is 4.37. The fourth-order valence-electron chi connectivity index (χ4n) is 0.722. The highest BCUT2D eigenvalue weighted by Gasteiger charge is 1.97. The molecule has 0 aromatic carbocycles. The van der Waals surface area contributed by atoms with Gasteiger partial charge in [0.05, 0.1) is 13.1 Å². The third-order valence-electron chi connectivity index (χ3n) is 1.07. The monoisotopic (exact) mass is 74.1 g/mol. The molecule has 0 bridgehead atoms. The number of hydrogen-bond donors (Lipinski definition) is 1. The van der Waals surface area contributed by atoms with E-state index in [-0.39, 0.29) is 1.43 Å². The van der Waals surface area contributed by atoms with Crippen molar-refractivity contribution in [3.8, 4) is 0 Å². The van der Waals surface area contributed by atoms with Gasteiger partial charge in [-0.05, 0) is 0 Å². The molecule has 0 saturated carbocycles. The van der Waals surface area contributed by atoms with Gasteiger partial charge in [0.25, 0.3) is 0 Å². The maximum atomic E-state index is 2.36. The van der Waals surface area contributed by atoms with Crippen LogP contribution in [0.3, 0.4) is 0 Å². The average Bonchev–Trinajstić information content (AvgIpc) is 1.76. The van der Waals surface area contributed by atoms with E-state index in [1.807, 2.05) is 0 Å². The SMILES string of the molecule is C1CC[NH2+]C1.[HH]. The van der Waals surface area contributed by atoms with Crippen LogP contribution in [-0.2, 0) is 0 Å². The van der Waals surface area contributed by atoms with Gasteiger partial charge in [0.2, 0.25) is 0 Å². The van der Waals surface area contributed by atoms with Crippen molar-refractivity contribution in [2.24, 2.45) is 0 Å². The van der Waals surface area contributed by atoms with Crippen LogP contribution in [0.25, 0.3) is 0 Å². The first kappa shape index (κ1) is 3.16. The lowest BCUT2D eigenvalue weighted by Gasteiger charge is -1.73. The molecule has 0 radical (unpaired) electrons. The van der Waals surface area contributed by atoms with Crippen molar-refractivity contribution in [2.45, 2.75) is 12.8 Å². The zero-order chi connectivity index (χ0) is 3.54. The Hall–Kier alpha value is -0.0400. The van der Waals surface area contributed by atoms with Crippen LogP contribution in [0.4, 0.5) is 0 Å². The Morgan fingerprint density at radius 3 is 2.00 bits per heavy atom. The summed E-state index contributed by atoms with van der Waals surface area (Å²) in [6, 6.07) is 0. The molecule has 1 saturated heterocycles. The van der Waals surface area contributed by atoms with E-state index in [9.17, 15) is 0 Å². The van der Waals surface area contributed by atoms with Crippen molar-refractivity contribution in [3.63, 3.8) is 0 Å². The lowest BCUT2D eigenvalue weighted by atomic mass is 10.4. The van der Waals surface area contributed by atoms with E-state index in [0.29, 0.717) is 0 Å². The largest absolute Gasteiger partial charge is 0.346 e. The van der Waals surface area contributed by atoms with Gasteiger partial charge >= 0.3 is 0 Å². The summed E-state index contributed by atoms with van der Waals surface area (Å²) in [6.07, 6.45) is 2.89. The van der Waals surface area contributed by atoms with Gasteiger partial charge in [0.15, 0.2) is 0 Å². The van der Waals surface area contributed by atoms with Crippen LogP contribution in [0, 0.1) is 0 Å². The lowest BCUT2D eigenvalue weighted by Crippen LogP contribution is -2.80. The maximum Gasteiger partial charge on any atom is 0.0757 e. The number of hydrogen-bond acceptors (Lipinski definition) is 0. The number of rotatable bonds is 0. The normalized spacial score (nSPS) is 24.0. The molecule has 0 atom stereocenters. The highest BCUT2D eigenvalue weighted by atomic mass is 14.9. The van der Waals surface area contributed by atoms with Gasteiger partial charge in [-0.1, -0.05) is 0 Å². The molecule has 1 fully saturated rings. The molecule has 32 valence electrons. The minimum Gasteiger partial charge on any atom is -0.346 e. The van der Waals surface area contributed by atoms with Gasteiger partial charge < -0.3 is 5.32 Å². The Kier molecular flexibility index (Phi) is 0.892. The van der Waals surface area contributed by atoms with Crippen molar-refractivity contribution in [2.75, 3.05) is 13.1 Å². The first-order valence-electron chi connectivity index (χ1n) is 2.32. The van der Waals surface area contributed by atoms with Crippen LogP contribution < -0.4 is 5.32 Å². The second-order valence-corrected chi connectivity index (χ2v) is 1.57. The van der Waals surface area contributed by atoms with Crippen LogP contribution in [0.1, 0.15) is 14.3 Å². The van der Waals surface area contributed by atoms with Crippen molar-refractivity contribution < 1.29 is 6.74 Å². The molecule has 0 aromatic rings. The van der Waals surface area contributed by atoms with E-state index in [0.717, 1.165) is 0 Å². The van der Waals surface area contributed by atoms with Crippen molar-refractivity contribution in [1.29, 1.82) is 0 Å². The van der Waals surface area contributed by atoms with Crippen LogP contribution >= 0.6 is 0 Å². The van der Waals surface area contributed by atoms with Crippen LogP contribution in [0.2, 0.25) is 0 Å². The predicted octanol–water partition coefficient (Wildman–Crippen LogP) is -0.410. The minimum absolute atomic E-state index is 0. The summed E-state index contributed by atoms with van der Waals surface area (Å²) in [4.78, 5) is 0. The Bertz CT molecular complexity index is 19.1. The minimum atomic E-state index is 0. The topological polar surface area (TPSA) is 16.6 Å². The van der Waals surface area contributed by atoms with E-state index in [1.54, 1.807) is 0 Å². The molecule has 0 aromatic heterocycles. The Balaban J connectivity index is 0.000000250. The molecule has 0 amide bonds. The molecule has 1 heteroatoms. The Morgan fingerprint density at radius 2 is 1.80 bits per heavy atom. The van der Waals surface area contributed by atoms with E-state index in [4.69, 9.17) is 0 Å². The van der Waals surface area contributed by atoms with E-state index >= 15 is 0 Å². The number of quaternary nitrogens is 1. The molecule has 1 heterocycles. The molecule has 1 aliphatic rings. The fraction of sp³-hybridized carbons (Fsp3) is 1.00. The summed E-state index contributed by atoms with van der Waals surface area (Å²) in [5.41, 5.74) is 0. The third-order valence-corrected chi connectivity index (χ3v) is 1.07.